The lowest BCUT2D eigenvalue weighted by Gasteiger charge is -2.40. The minimum Gasteiger partial charge on any atom is -0.394 e. The van der Waals surface area contributed by atoms with E-state index in [-0.39, 0.29) is 5.82 Å². The molecule has 1 fully saturated rings. The summed E-state index contributed by atoms with van der Waals surface area (Å²) >= 11 is 0. The molecule has 3 rings (SSSR count). The van der Waals surface area contributed by atoms with Crippen molar-refractivity contribution in [1.82, 2.24) is 14.8 Å². The number of benzene rings is 1. The molecule has 0 aliphatic carbocycles. The third-order valence-electron chi connectivity index (χ3n) is 4.31. The van der Waals surface area contributed by atoms with Gasteiger partial charge in [0.15, 0.2) is 17.9 Å². The van der Waals surface area contributed by atoms with Crippen LogP contribution in [0.5, 0.6) is 0 Å². The Morgan fingerprint density at radius 2 is 1.93 bits per heavy atom. The summed E-state index contributed by atoms with van der Waals surface area (Å²) in [6.45, 7) is 5.02. The van der Waals surface area contributed by atoms with E-state index < -0.39 is 37.3 Å². The first-order valence-corrected chi connectivity index (χ1v) is 8.48. The van der Waals surface area contributed by atoms with Crippen LogP contribution in [-0.2, 0) is 4.74 Å². The van der Waals surface area contributed by atoms with Crippen LogP contribution < -0.4 is 0 Å². The first-order chi connectivity index (χ1) is 13.0. The minimum absolute atomic E-state index is 0.226. The Labute approximate surface area is 155 Å². The topological polar surface area (TPSA) is 133 Å². The van der Waals surface area contributed by atoms with Crippen molar-refractivity contribution in [2.24, 2.45) is 4.99 Å². The van der Waals surface area contributed by atoms with E-state index in [0.717, 1.165) is 0 Å². The average molecular weight is 374 g/mol. The van der Waals surface area contributed by atoms with Crippen LogP contribution in [0.3, 0.4) is 0 Å². The summed E-state index contributed by atoms with van der Waals surface area (Å²) < 4.78 is 6.92. The summed E-state index contributed by atoms with van der Waals surface area (Å²) in [5.41, 5.74) is 1.01. The van der Waals surface area contributed by atoms with Crippen LogP contribution >= 0.6 is 0 Å². The van der Waals surface area contributed by atoms with Crippen molar-refractivity contribution in [3.8, 4) is 11.4 Å². The average Bonchev–Trinajstić information content (AvgIpc) is 3.13. The van der Waals surface area contributed by atoms with Crippen molar-refractivity contribution >= 4 is 11.9 Å². The number of ether oxygens (including phenoxy) is 1. The van der Waals surface area contributed by atoms with Crippen LogP contribution in [0.1, 0.15) is 19.0 Å². The van der Waals surface area contributed by atoms with Gasteiger partial charge in [0.2, 0.25) is 0 Å². The van der Waals surface area contributed by atoms with E-state index in [2.05, 4.69) is 21.7 Å². The number of hydrogen-bond acceptors (Lipinski definition) is 8. The maximum absolute atomic E-state index is 10.4. The fourth-order valence-corrected chi connectivity index (χ4v) is 2.90. The Morgan fingerprint density at radius 3 is 2.56 bits per heavy atom. The van der Waals surface area contributed by atoms with Crippen molar-refractivity contribution in [2.45, 2.75) is 37.6 Å². The van der Waals surface area contributed by atoms with E-state index in [0.29, 0.717) is 17.1 Å². The van der Waals surface area contributed by atoms with Crippen LogP contribution in [-0.4, -0.2) is 72.4 Å². The molecule has 4 N–H and O–H groups in total. The molecule has 0 radical (unpaired) electrons. The molecule has 9 heteroatoms. The molecule has 2 heterocycles. The third kappa shape index (κ3) is 3.68. The molecule has 0 saturated carbocycles. The Bertz CT molecular complexity index is 820. The lowest BCUT2D eigenvalue weighted by molar-refractivity contribution is -0.253. The molecule has 2 aromatic rings. The fourth-order valence-electron chi connectivity index (χ4n) is 2.90. The molecule has 1 aromatic heterocycles. The van der Waals surface area contributed by atoms with Gasteiger partial charge in [-0.3, -0.25) is 4.99 Å². The van der Waals surface area contributed by atoms with Gasteiger partial charge in [-0.25, -0.2) is 9.67 Å². The Morgan fingerprint density at radius 1 is 1.22 bits per heavy atom. The van der Waals surface area contributed by atoms with E-state index >= 15 is 0 Å². The van der Waals surface area contributed by atoms with E-state index in [9.17, 15) is 20.4 Å². The summed E-state index contributed by atoms with van der Waals surface area (Å²) in [6.07, 6.45) is -5.13. The molecule has 1 unspecified atom stereocenters. The number of aliphatic hydroxyl groups excluding tert-OH is 4. The molecule has 1 aliphatic rings. The van der Waals surface area contributed by atoms with Crippen LogP contribution in [0.15, 0.2) is 41.9 Å². The van der Waals surface area contributed by atoms with E-state index in [1.165, 1.54) is 4.68 Å². The summed E-state index contributed by atoms with van der Waals surface area (Å²) in [5.74, 6) is 0.589. The second-order valence-corrected chi connectivity index (χ2v) is 6.12. The largest absolute Gasteiger partial charge is 0.394 e. The molecule has 1 aromatic carbocycles. The van der Waals surface area contributed by atoms with Gasteiger partial charge in [0.25, 0.3) is 0 Å². The Kier molecular flexibility index (Phi) is 5.78. The monoisotopic (exact) mass is 374 g/mol. The summed E-state index contributed by atoms with van der Waals surface area (Å²) in [4.78, 5) is 8.52. The molecule has 1 saturated heterocycles. The molecule has 0 spiro atoms. The van der Waals surface area contributed by atoms with Crippen molar-refractivity contribution in [3.05, 3.63) is 42.7 Å². The highest BCUT2D eigenvalue weighted by molar-refractivity contribution is 5.69. The zero-order chi connectivity index (χ0) is 19.6. The van der Waals surface area contributed by atoms with Gasteiger partial charge in [0, 0.05) is 11.8 Å². The second-order valence-electron chi connectivity index (χ2n) is 6.12. The van der Waals surface area contributed by atoms with Crippen LogP contribution in [0.25, 0.3) is 17.1 Å². The van der Waals surface area contributed by atoms with Crippen molar-refractivity contribution in [3.63, 3.8) is 0 Å². The lowest BCUT2D eigenvalue weighted by Crippen LogP contribution is -2.56. The molecule has 0 amide bonds. The predicted octanol–water partition coefficient (Wildman–Crippen LogP) is -0.0211. The molecule has 5 atom stereocenters. The number of nitrogens with zero attached hydrogens (tertiary/aromatic N) is 4. The number of aliphatic imine (C=N–C) groups is 1. The standard InChI is InChI=1S/C18H22N4O5/c1-3-19-10(2)16-20-17(11-7-5-4-6-8-11)22(21-16)18-15(26)14(25)13(24)12(9-23)27-18/h3-8,12-15,18,23-26H,2,9H2,1H3/t12-,13-,14+,15-,18?/m1/s1. The SMILES string of the molecule is C=C(N=CC)c1nc(-c2ccccc2)n(C2O[C@H](CO)[C@@H](O)[C@H](O)[C@H]2O)n1. The molecule has 144 valence electrons. The highest BCUT2D eigenvalue weighted by atomic mass is 16.6. The van der Waals surface area contributed by atoms with E-state index in [1.807, 2.05) is 18.2 Å². The van der Waals surface area contributed by atoms with Crippen molar-refractivity contribution < 1.29 is 25.2 Å². The predicted molar refractivity (Wildman–Crippen MR) is 97.7 cm³/mol. The molecule has 1 aliphatic heterocycles. The van der Waals surface area contributed by atoms with Gasteiger partial charge < -0.3 is 25.2 Å². The maximum atomic E-state index is 10.4. The first-order valence-electron chi connectivity index (χ1n) is 8.48. The Balaban J connectivity index is 2.08. The van der Waals surface area contributed by atoms with Gasteiger partial charge in [-0.2, -0.15) is 0 Å². The van der Waals surface area contributed by atoms with Crippen LogP contribution in [0, 0.1) is 0 Å². The fraction of sp³-hybridized carbons (Fsp3) is 0.389. The van der Waals surface area contributed by atoms with Gasteiger partial charge in [0.05, 0.1) is 6.61 Å². The number of hydrogen-bond donors (Lipinski definition) is 4. The van der Waals surface area contributed by atoms with Crippen molar-refractivity contribution in [1.29, 1.82) is 0 Å². The normalized spacial score (nSPS) is 28.6. The summed E-state index contributed by atoms with van der Waals surface area (Å²) in [6, 6.07) is 9.10. The zero-order valence-electron chi connectivity index (χ0n) is 14.8. The highest BCUT2D eigenvalue weighted by Gasteiger charge is 2.45. The summed E-state index contributed by atoms with van der Waals surface area (Å²) in [5, 5.41) is 44.3. The zero-order valence-corrected chi connectivity index (χ0v) is 14.8. The molecule has 0 bridgehead atoms. The van der Waals surface area contributed by atoms with Crippen LogP contribution in [0.2, 0.25) is 0 Å². The third-order valence-corrected chi connectivity index (χ3v) is 4.31. The van der Waals surface area contributed by atoms with Gasteiger partial charge >= 0.3 is 0 Å². The van der Waals surface area contributed by atoms with Crippen molar-refractivity contribution in [2.75, 3.05) is 6.61 Å². The van der Waals surface area contributed by atoms with Gasteiger partial charge in [0.1, 0.15) is 30.1 Å². The van der Waals surface area contributed by atoms with E-state index in [1.54, 1.807) is 25.3 Å². The van der Waals surface area contributed by atoms with Crippen LogP contribution in [0.4, 0.5) is 0 Å². The Hall–Kier alpha value is -2.43. The lowest BCUT2D eigenvalue weighted by atomic mass is 9.98. The number of rotatable bonds is 5. The molecular weight excluding hydrogens is 352 g/mol. The minimum atomic E-state index is -1.52. The van der Waals surface area contributed by atoms with Gasteiger partial charge in [-0.15, -0.1) is 5.10 Å². The first kappa shape index (κ1) is 19.3. The molecule has 9 nitrogen and oxygen atoms in total. The van der Waals surface area contributed by atoms with E-state index in [4.69, 9.17) is 4.74 Å². The smallest absolute Gasteiger partial charge is 0.199 e. The molecule has 27 heavy (non-hydrogen) atoms. The van der Waals surface area contributed by atoms with Gasteiger partial charge in [-0.05, 0) is 6.92 Å². The summed E-state index contributed by atoms with van der Waals surface area (Å²) in [7, 11) is 0. The van der Waals surface area contributed by atoms with Gasteiger partial charge in [-0.1, -0.05) is 36.9 Å². The second kappa shape index (κ2) is 8.07. The quantitative estimate of drug-likeness (QED) is 0.541. The number of aromatic nitrogens is 3. The highest BCUT2D eigenvalue weighted by Crippen LogP contribution is 2.32. The number of aliphatic hydroxyl groups is 4. The maximum Gasteiger partial charge on any atom is 0.199 e. The molecular formula is C18H22N4O5.